The van der Waals surface area contributed by atoms with Gasteiger partial charge < -0.3 is 19.9 Å². The van der Waals surface area contributed by atoms with Gasteiger partial charge in [0, 0.05) is 64.5 Å². The molecule has 4 rings (SSSR count). The van der Waals surface area contributed by atoms with Crippen LogP contribution in [0.1, 0.15) is 24.8 Å². The van der Waals surface area contributed by atoms with E-state index in [0.717, 1.165) is 77.0 Å². The fourth-order valence-corrected chi connectivity index (χ4v) is 4.68. The van der Waals surface area contributed by atoms with Gasteiger partial charge in [-0.3, -0.25) is 14.7 Å². The number of anilines is 1. The number of aliphatic imine (C=N–C) groups is 1. The third-order valence-electron chi connectivity index (χ3n) is 6.28. The quantitative estimate of drug-likeness (QED) is 0.460. The molecule has 1 amide bonds. The Labute approximate surface area is 173 Å². The van der Waals surface area contributed by atoms with E-state index in [0.29, 0.717) is 12.5 Å². The second-order valence-corrected chi connectivity index (χ2v) is 8.04. The van der Waals surface area contributed by atoms with E-state index in [1.165, 1.54) is 12.0 Å². The molecule has 158 valence electrons. The summed E-state index contributed by atoms with van der Waals surface area (Å²) in [4.78, 5) is 23.9. The van der Waals surface area contributed by atoms with Crippen LogP contribution in [0.2, 0.25) is 0 Å². The third-order valence-corrected chi connectivity index (χ3v) is 6.28. The number of nitrogens with one attached hydrogen (secondary N) is 1. The van der Waals surface area contributed by atoms with Crippen molar-refractivity contribution in [3.8, 4) is 0 Å². The van der Waals surface area contributed by atoms with Gasteiger partial charge in [0.15, 0.2) is 5.96 Å². The van der Waals surface area contributed by atoms with Crippen LogP contribution in [0.5, 0.6) is 0 Å². The molecule has 0 radical (unpaired) electrons. The molecule has 1 unspecified atom stereocenters. The van der Waals surface area contributed by atoms with Crippen molar-refractivity contribution in [1.29, 1.82) is 0 Å². The molecule has 0 aliphatic carbocycles. The molecule has 1 atom stereocenters. The van der Waals surface area contributed by atoms with E-state index < -0.39 is 0 Å². The van der Waals surface area contributed by atoms with Crippen LogP contribution in [0, 0.1) is 0 Å². The van der Waals surface area contributed by atoms with E-state index in [4.69, 9.17) is 4.74 Å². The summed E-state index contributed by atoms with van der Waals surface area (Å²) in [6, 6.07) is 8.82. The Bertz CT molecular complexity index is 732. The molecule has 2 fully saturated rings. The number of amides is 1. The Hall–Kier alpha value is -2.12. The molecule has 1 aromatic carbocycles. The highest BCUT2D eigenvalue weighted by atomic mass is 16.5. The van der Waals surface area contributed by atoms with E-state index in [1.807, 2.05) is 24.1 Å². The van der Waals surface area contributed by atoms with Gasteiger partial charge in [-0.1, -0.05) is 18.2 Å². The fraction of sp³-hybridized carbons (Fsp3) is 0.636. The van der Waals surface area contributed by atoms with Crippen molar-refractivity contribution in [1.82, 2.24) is 15.1 Å². The van der Waals surface area contributed by atoms with Gasteiger partial charge in [-0.2, -0.15) is 0 Å². The highest BCUT2D eigenvalue weighted by molar-refractivity contribution is 5.95. The van der Waals surface area contributed by atoms with E-state index in [1.54, 1.807) is 0 Å². The Morgan fingerprint density at radius 1 is 1.21 bits per heavy atom. The van der Waals surface area contributed by atoms with Crippen LogP contribution in [0.15, 0.2) is 29.3 Å². The molecule has 3 heterocycles. The number of hydrogen-bond acceptors (Lipinski definition) is 4. The Morgan fingerprint density at radius 3 is 2.86 bits per heavy atom. The number of ether oxygens (including phenoxy) is 1. The van der Waals surface area contributed by atoms with Crippen molar-refractivity contribution in [2.45, 2.75) is 31.7 Å². The minimum atomic E-state index is 0.222. The summed E-state index contributed by atoms with van der Waals surface area (Å²) in [6.07, 6.45) is 3.52. The van der Waals surface area contributed by atoms with Crippen LogP contribution in [0.25, 0.3) is 0 Å². The Balaban J connectivity index is 1.19. The SMILES string of the molecule is CN=C(NCCCC(=O)N1CCc2ccccc21)N1CCC(N2CCOCC2)C1. The maximum absolute atomic E-state index is 12.6. The first-order valence-electron chi connectivity index (χ1n) is 10.9. The molecule has 1 aromatic rings. The summed E-state index contributed by atoms with van der Waals surface area (Å²) in [5, 5.41) is 3.46. The van der Waals surface area contributed by atoms with Crippen LogP contribution in [-0.2, 0) is 16.0 Å². The predicted octanol–water partition coefficient (Wildman–Crippen LogP) is 1.34. The fourth-order valence-electron chi connectivity index (χ4n) is 4.68. The lowest BCUT2D eigenvalue weighted by atomic mass is 10.2. The lowest BCUT2D eigenvalue weighted by Crippen LogP contribution is -2.46. The van der Waals surface area contributed by atoms with Crippen LogP contribution >= 0.6 is 0 Å². The van der Waals surface area contributed by atoms with Crippen molar-refractivity contribution >= 4 is 17.6 Å². The molecular weight excluding hydrogens is 366 g/mol. The van der Waals surface area contributed by atoms with Crippen LogP contribution in [-0.4, -0.2) is 87.2 Å². The van der Waals surface area contributed by atoms with Crippen molar-refractivity contribution < 1.29 is 9.53 Å². The maximum atomic E-state index is 12.6. The second-order valence-electron chi connectivity index (χ2n) is 8.04. The van der Waals surface area contributed by atoms with E-state index in [2.05, 4.69) is 32.2 Å². The van der Waals surface area contributed by atoms with Gasteiger partial charge in [-0.25, -0.2) is 0 Å². The number of carbonyl (C=O) groups excluding carboxylic acids is 1. The average Bonchev–Trinajstić information content (AvgIpc) is 3.42. The van der Waals surface area contributed by atoms with Gasteiger partial charge in [-0.15, -0.1) is 0 Å². The minimum absolute atomic E-state index is 0.222. The number of hydrogen-bond donors (Lipinski definition) is 1. The largest absolute Gasteiger partial charge is 0.379 e. The number of rotatable bonds is 5. The third kappa shape index (κ3) is 4.73. The number of fused-ring (bicyclic) bond motifs is 1. The summed E-state index contributed by atoms with van der Waals surface area (Å²) in [7, 11) is 1.84. The zero-order chi connectivity index (χ0) is 20.1. The summed E-state index contributed by atoms with van der Waals surface area (Å²) in [5.41, 5.74) is 2.37. The average molecular weight is 400 g/mol. The highest BCUT2D eigenvalue weighted by Gasteiger charge is 2.30. The number of carbonyl (C=O) groups is 1. The van der Waals surface area contributed by atoms with Crippen molar-refractivity contribution in [3.05, 3.63) is 29.8 Å². The molecule has 1 N–H and O–H groups in total. The predicted molar refractivity (Wildman–Crippen MR) is 115 cm³/mol. The lowest BCUT2D eigenvalue weighted by molar-refractivity contribution is -0.118. The molecule has 2 saturated heterocycles. The van der Waals surface area contributed by atoms with Crippen LogP contribution < -0.4 is 10.2 Å². The van der Waals surface area contributed by atoms with Crippen molar-refractivity contribution in [3.63, 3.8) is 0 Å². The molecule has 0 saturated carbocycles. The van der Waals surface area contributed by atoms with E-state index >= 15 is 0 Å². The standard InChI is InChI=1S/C22H33N5O2/c1-23-22(26-11-9-19(17-26)25-13-15-29-16-14-25)24-10-4-7-21(28)27-12-8-18-5-2-3-6-20(18)27/h2-3,5-6,19H,4,7-17H2,1H3,(H,23,24). The van der Waals surface area contributed by atoms with Gasteiger partial charge in [-0.05, 0) is 30.9 Å². The van der Waals surface area contributed by atoms with Gasteiger partial charge in [0.2, 0.25) is 5.91 Å². The Morgan fingerprint density at radius 2 is 2.03 bits per heavy atom. The number of benzene rings is 1. The molecule has 3 aliphatic heterocycles. The summed E-state index contributed by atoms with van der Waals surface area (Å²) in [6.45, 7) is 7.39. The van der Waals surface area contributed by atoms with Crippen LogP contribution in [0.3, 0.4) is 0 Å². The molecular formula is C22H33N5O2. The zero-order valence-electron chi connectivity index (χ0n) is 17.5. The van der Waals surface area contributed by atoms with Gasteiger partial charge in [0.25, 0.3) is 0 Å². The first-order chi connectivity index (χ1) is 14.3. The first-order valence-corrected chi connectivity index (χ1v) is 10.9. The highest BCUT2D eigenvalue weighted by Crippen LogP contribution is 2.28. The number of morpholine rings is 1. The van der Waals surface area contributed by atoms with Crippen molar-refractivity contribution in [2.24, 2.45) is 4.99 Å². The van der Waals surface area contributed by atoms with Crippen molar-refractivity contribution in [2.75, 3.05) is 64.4 Å². The topological polar surface area (TPSA) is 60.4 Å². The lowest BCUT2D eigenvalue weighted by Gasteiger charge is -2.32. The molecule has 0 aromatic heterocycles. The van der Waals surface area contributed by atoms with Crippen LogP contribution in [0.4, 0.5) is 5.69 Å². The maximum Gasteiger partial charge on any atom is 0.227 e. The number of guanidine groups is 1. The molecule has 7 heteroatoms. The Kier molecular flexibility index (Phi) is 6.67. The molecule has 0 spiro atoms. The number of para-hydroxylation sites is 1. The smallest absolute Gasteiger partial charge is 0.227 e. The normalized spacial score (nSPS) is 22.8. The monoisotopic (exact) mass is 399 g/mol. The first kappa shape index (κ1) is 20.2. The minimum Gasteiger partial charge on any atom is -0.379 e. The summed E-state index contributed by atoms with van der Waals surface area (Å²) >= 11 is 0. The van der Waals surface area contributed by atoms with Gasteiger partial charge in [0.05, 0.1) is 13.2 Å². The summed E-state index contributed by atoms with van der Waals surface area (Å²) in [5.74, 6) is 1.18. The number of nitrogens with zero attached hydrogens (tertiary/aromatic N) is 4. The van der Waals surface area contributed by atoms with E-state index in [9.17, 15) is 4.79 Å². The van der Waals surface area contributed by atoms with Gasteiger partial charge in [0.1, 0.15) is 0 Å². The molecule has 0 bridgehead atoms. The summed E-state index contributed by atoms with van der Waals surface area (Å²) < 4.78 is 5.47. The zero-order valence-corrected chi connectivity index (χ0v) is 17.5. The van der Waals surface area contributed by atoms with Gasteiger partial charge >= 0.3 is 0 Å². The number of likely N-dealkylation sites (tertiary alicyclic amines) is 1. The second kappa shape index (κ2) is 9.59. The molecule has 29 heavy (non-hydrogen) atoms. The molecule has 3 aliphatic rings. The van der Waals surface area contributed by atoms with E-state index in [-0.39, 0.29) is 5.91 Å². The molecule has 7 nitrogen and oxygen atoms in total.